The number of hydrogen-bond donors (Lipinski definition) is 0. The van der Waals surface area contributed by atoms with Crippen LogP contribution in [0.25, 0.3) is 80.7 Å². The summed E-state index contributed by atoms with van der Waals surface area (Å²) < 4.78 is 11.6. The first-order valence-electron chi connectivity index (χ1n) is 17.6. The number of anilines is 3. The van der Waals surface area contributed by atoms with E-state index in [9.17, 15) is 0 Å². The van der Waals surface area contributed by atoms with Crippen molar-refractivity contribution < 1.29 is 4.42 Å². The van der Waals surface area contributed by atoms with Crippen molar-refractivity contribution >= 4 is 92.3 Å². The molecule has 0 saturated heterocycles. The third-order valence-electron chi connectivity index (χ3n) is 10.4. The Morgan fingerprint density at radius 2 is 1.02 bits per heavy atom. The number of benzene rings is 8. The second kappa shape index (κ2) is 11.5. The lowest BCUT2D eigenvalue weighted by Gasteiger charge is -2.25. The lowest BCUT2D eigenvalue weighted by molar-refractivity contribution is 0.670. The summed E-state index contributed by atoms with van der Waals surface area (Å²) in [6.07, 6.45) is 0. The molecule has 52 heavy (non-hydrogen) atoms. The number of fused-ring (bicyclic) bond motifs is 9. The smallest absolute Gasteiger partial charge is 0.143 e. The first kappa shape index (κ1) is 29.1. The summed E-state index contributed by atoms with van der Waals surface area (Å²) in [5.41, 5.74) is 10.8. The summed E-state index contributed by atoms with van der Waals surface area (Å²) in [7, 11) is 0. The largest absolute Gasteiger partial charge is 0.455 e. The Morgan fingerprint density at radius 3 is 1.79 bits per heavy atom. The fraction of sp³-hybridized carbons (Fsp3) is 0. The van der Waals surface area contributed by atoms with Crippen LogP contribution in [-0.4, -0.2) is 4.57 Å². The van der Waals surface area contributed by atoms with Crippen molar-refractivity contribution in [2.75, 3.05) is 4.90 Å². The summed E-state index contributed by atoms with van der Waals surface area (Å²) in [5.74, 6) is 0. The van der Waals surface area contributed by atoms with Crippen LogP contribution in [0.15, 0.2) is 186 Å². The van der Waals surface area contributed by atoms with Gasteiger partial charge in [0.15, 0.2) is 0 Å². The molecule has 0 bridgehead atoms. The number of para-hydroxylation sites is 4. The molecule has 0 N–H and O–H groups in total. The Labute approximate surface area is 303 Å². The lowest BCUT2D eigenvalue weighted by atomic mass is 10.00. The van der Waals surface area contributed by atoms with Gasteiger partial charge in [0.25, 0.3) is 0 Å². The molecule has 0 aliphatic rings. The lowest BCUT2D eigenvalue weighted by Crippen LogP contribution is -2.09. The number of aromatic nitrogens is 1. The SMILES string of the molecule is c1ccc(N(c2ccc(-c3cc(-n4c5ccccc5c5ccccc54)cc4c3oc3ccccc34)cc2)c2ccc3c(c2)sc2ccccc23)cc1. The van der Waals surface area contributed by atoms with Crippen molar-refractivity contribution in [3.63, 3.8) is 0 Å². The Bertz CT molecular complexity index is 3080. The Balaban J connectivity index is 1.10. The van der Waals surface area contributed by atoms with Crippen LogP contribution < -0.4 is 4.90 Å². The van der Waals surface area contributed by atoms with Gasteiger partial charge in [0, 0.05) is 70.0 Å². The number of furan rings is 1. The minimum Gasteiger partial charge on any atom is -0.455 e. The number of rotatable bonds is 5. The van der Waals surface area contributed by atoms with E-state index in [2.05, 4.69) is 185 Å². The predicted molar refractivity (Wildman–Crippen MR) is 221 cm³/mol. The molecule has 0 atom stereocenters. The minimum atomic E-state index is 0.890. The molecule has 3 aromatic heterocycles. The molecule has 3 heterocycles. The minimum absolute atomic E-state index is 0.890. The van der Waals surface area contributed by atoms with Crippen molar-refractivity contribution in [1.82, 2.24) is 4.57 Å². The van der Waals surface area contributed by atoms with E-state index in [4.69, 9.17) is 4.42 Å². The van der Waals surface area contributed by atoms with Crippen molar-refractivity contribution in [1.29, 1.82) is 0 Å². The van der Waals surface area contributed by atoms with E-state index in [1.165, 1.54) is 42.0 Å². The standard InChI is InChI=1S/C48H30N2OS/c1-2-12-32(13-3-1)49(34-26-27-40-39-17-7-11-21-46(39)52-47(40)30-34)33-24-22-31(23-25-33)41-28-35(29-42-38-16-6-10-20-45(38)51-48(41)42)50-43-18-8-4-14-36(43)37-15-5-9-19-44(37)50/h1-30H. The van der Waals surface area contributed by atoms with Crippen molar-refractivity contribution in [3.8, 4) is 16.8 Å². The predicted octanol–water partition coefficient (Wildman–Crippen LogP) is 14.2. The second-order valence-electron chi connectivity index (χ2n) is 13.3. The highest BCUT2D eigenvalue weighted by Crippen LogP contribution is 2.43. The van der Waals surface area contributed by atoms with Crippen LogP contribution in [0.2, 0.25) is 0 Å². The van der Waals surface area contributed by atoms with E-state index >= 15 is 0 Å². The zero-order valence-electron chi connectivity index (χ0n) is 28.0. The van der Waals surface area contributed by atoms with Crippen LogP contribution >= 0.6 is 11.3 Å². The quantitative estimate of drug-likeness (QED) is 0.180. The molecule has 0 spiro atoms. The molecule has 244 valence electrons. The maximum Gasteiger partial charge on any atom is 0.143 e. The van der Waals surface area contributed by atoms with Crippen molar-refractivity contribution in [2.45, 2.75) is 0 Å². The van der Waals surface area contributed by atoms with E-state index in [-0.39, 0.29) is 0 Å². The zero-order chi connectivity index (χ0) is 34.2. The van der Waals surface area contributed by atoms with Gasteiger partial charge in [0.1, 0.15) is 11.2 Å². The maximum absolute atomic E-state index is 6.65. The Morgan fingerprint density at radius 1 is 0.423 bits per heavy atom. The normalized spacial score (nSPS) is 11.8. The van der Waals surface area contributed by atoms with Gasteiger partial charge in [-0.25, -0.2) is 0 Å². The van der Waals surface area contributed by atoms with Crippen molar-refractivity contribution in [3.05, 3.63) is 182 Å². The molecule has 11 rings (SSSR count). The topological polar surface area (TPSA) is 21.3 Å². The zero-order valence-corrected chi connectivity index (χ0v) is 28.8. The summed E-state index contributed by atoms with van der Waals surface area (Å²) in [4.78, 5) is 2.35. The number of nitrogens with zero attached hydrogens (tertiary/aromatic N) is 2. The van der Waals surface area contributed by atoms with Gasteiger partial charge in [-0.2, -0.15) is 0 Å². The molecule has 0 amide bonds. The van der Waals surface area contributed by atoms with Gasteiger partial charge in [0.2, 0.25) is 0 Å². The molecule has 0 unspecified atom stereocenters. The van der Waals surface area contributed by atoms with Crippen molar-refractivity contribution in [2.24, 2.45) is 0 Å². The number of thiophene rings is 1. The molecule has 0 fully saturated rings. The Hall–Kier alpha value is -6.62. The molecule has 8 aromatic carbocycles. The highest BCUT2D eigenvalue weighted by atomic mass is 32.1. The highest BCUT2D eigenvalue weighted by molar-refractivity contribution is 7.25. The van der Waals surface area contributed by atoms with E-state index in [0.717, 1.165) is 55.8 Å². The van der Waals surface area contributed by atoms with Crippen LogP contribution in [-0.2, 0) is 0 Å². The van der Waals surface area contributed by atoms with E-state index < -0.39 is 0 Å². The van der Waals surface area contributed by atoms with Crippen LogP contribution in [0.1, 0.15) is 0 Å². The molecular formula is C48H30N2OS. The Kier molecular flexibility index (Phi) is 6.42. The van der Waals surface area contributed by atoms with Gasteiger partial charge in [0.05, 0.1) is 11.0 Å². The molecule has 11 aromatic rings. The fourth-order valence-electron chi connectivity index (χ4n) is 8.02. The molecule has 3 nitrogen and oxygen atoms in total. The van der Waals surface area contributed by atoms with Crippen LogP contribution in [0.3, 0.4) is 0 Å². The molecule has 0 saturated carbocycles. The first-order chi connectivity index (χ1) is 25.8. The van der Waals surface area contributed by atoms with Gasteiger partial charge in [-0.15, -0.1) is 11.3 Å². The van der Waals surface area contributed by atoms with E-state index in [0.29, 0.717) is 0 Å². The maximum atomic E-state index is 6.65. The average molecular weight is 683 g/mol. The number of hydrogen-bond acceptors (Lipinski definition) is 3. The molecule has 0 aliphatic carbocycles. The molecule has 0 radical (unpaired) electrons. The van der Waals surface area contributed by atoms with E-state index in [1.807, 2.05) is 17.4 Å². The summed E-state index contributed by atoms with van der Waals surface area (Å²) >= 11 is 1.85. The van der Waals surface area contributed by atoms with Gasteiger partial charge in [-0.3, -0.25) is 0 Å². The van der Waals surface area contributed by atoms with Gasteiger partial charge < -0.3 is 13.9 Å². The summed E-state index contributed by atoms with van der Waals surface area (Å²) in [5, 5.41) is 7.32. The molecular weight excluding hydrogens is 653 g/mol. The highest BCUT2D eigenvalue weighted by Gasteiger charge is 2.20. The summed E-state index contributed by atoms with van der Waals surface area (Å²) in [6.45, 7) is 0. The third kappa shape index (κ3) is 4.45. The van der Waals surface area contributed by atoms with E-state index in [1.54, 1.807) is 0 Å². The van der Waals surface area contributed by atoms with Crippen LogP contribution in [0, 0.1) is 0 Å². The van der Waals surface area contributed by atoms with Crippen LogP contribution in [0.4, 0.5) is 17.1 Å². The fourth-order valence-corrected chi connectivity index (χ4v) is 9.16. The van der Waals surface area contributed by atoms with Gasteiger partial charge in [-0.1, -0.05) is 109 Å². The third-order valence-corrected chi connectivity index (χ3v) is 11.5. The summed E-state index contributed by atoms with van der Waals surface area (Å²) in [6, 6.07) is 65.4. The van der Waals surface area contributed by atoms with Gasteiger partial charge >= 0.3 is 0 Å². The van der Waals surface area contributed by atoms with Gasteiger partial charge in [-0.05, 0) is 78.4 Å². The van der Waals surface area contributed by atoms with Crippen LogP contribution in [0.5, 0.6) is 0 Å². The first-order valence-corrected chi connectivity index (χ1v) is 18.4. The average Bonchev–Trinajstić information content (AvgIpc) is 3.88. The molecule has 4 heteroatoms. The monoisotopic (exact) mass is 682 g/mol. The second-order valence-corrected chi connectivity index (χ2v) is 14.4. The molecule has 0 aliphatic heterocycles.